The number of rotatable bonds is 4. The van der Waals surface area contributed by atoms with Crippen LogP contribution in [0.5, 0.6) is 5.75 Å². The third-order valence-corrected chi connectivity index (χ3v) is 2.90. The molecule has 21 heavy (non-hydrogen) atoms. The summed E-state index contributed by atoms with van der Waals surface area (Å²) in [5, 5.41) is 11.5. The van der Waals surface area contributed by atoms with Crippen molar-refractivity contribution in [1.29, 1.82) is 5.26 Å². The van der Waals surface area contributed by atoms with Crippen LogP contribution in [-0.2, 0) is 4.79 Å². The molecule has 0 radical (unpaired) electrons. The second-order valence-corrected chi connectivity index (χ2v) is 4.55. The van der Waals surface area contributed by atoms with Crippen LogP contribution in [0.3, 0.4) is 0 Å². The summed E-state index contributed by atoms with van der Waals surface area (Å²) in [7, 11) is 0. The van der Waals surface area contributed by atoms with Gasteiger partial charge in [0.15, 0.2) is 6.61 Å². The average Bonchev–Trinajstić information content (AvgIpc) is 2.49. The van der Waals surface area contributed by atoms with Crippen LogP contribution in [0, 0.1) is 18.3 Å². The molecule has 1 amide bonds. The van der Waals surface area contributed by atoms with E-state index >= 15 is 0 Å². The van der Waals surface area contributed by atoms with E-state index in [0.717, 1.165) is 5.56 Å². The first-order chi connectivity index (χ1) is 10.1. The Morgan fingerprint density at radius 2 is 2.14 bits per heavy atom. The number of nitriles is 1. The fourth-order valence-corrected chi connectivity index (χ4v) is 1.72. The first-order valence-electron chi connectivity index (χ1n) is 6.37. The number of hydrogen-bond acceptors (Lipinski definition) is 4. The largest absolute Gasteiger partial charge is 0.484 e. The number of amides is 1. The van der Waals surface area contributed by atoms with Gasteiger partial charge in [0.2, 0.25) is 0 Å². The monoisotopic (exact) mass is 281 g/mol. The van der Waals surface area contributed by atoms with Crippen LogP contribution in [0.25, 0.3) is 0 Å². The normalized spacial score (nSPS) is 9.71. The second kappa shape index (κ2) is 6.44. The van der Waals surface area contributed by atoms with E-state index in [2.05, 4.69) is 5.32 Å². The summed E-state index contributed by atoms with van der Waals surface area (Å²) in [6, 6.07) is 14.0. The summed E-state index contributed by atoms with van der Waals surface area (Å²) in [4.78, 5) is 11.8. The highest BCUT2D eigenvalue weighted by atomic mass is 16.5. The lowest BCUT2D eigenvalue weighted by molar-refractivity contribution is -0.118. The summed E-state index contributed by atoms with van der Waals surface area (Å²) < 4.78 is 5.34. The van der Waals surface area contributed by atoms with Gasteiger partial charge in [-0.1, -0.05) is 12.1 Å². The average molecular weight is 281 g/mol. The highest BCUT2D eigenvalue weighted by Gasteiger charge is 2.05. The molecule has 0 heterocycles. The van der Waals surface area contributed by atoms with Gasteiger partial charge in [-0.15, -0.1) is 0 Å². The number of aryl methyl sites for hydroxylation is 1. The Hall–Kier alpha value is -3.00. The highest BCUT2D eigenvalue weighted by Crippen LogP contribution is 2.17. The lowest BCUT2D eigenvalue weighted by Gasteiger charge is -2.09. The van der Waals surface area contributed by atoms with Gasteiger partial charge >= 0.3 is 0 Å². The predicted molar refractivity (Wildman–Crippen MR) is 80.9 cm³/mol. The second-order valence-electron chi connectivity index (χ2n) is 4.55. The zero-order valence-corrected chi connectivity index (χ0v) is 11.6. The number of ether oxygens (including phenoxy) is 1. The van der Waals surface area contributed by atoms with E-state index in [9.17, 15) is 4.79 Å². The maximum Gasteiger partial charge on any atom is 0.262 e. The molecule has 0 saturated carbocycles. The van der Waals surface area contributed by atoms with Crippen LogP contribution in [0.1, 0.15) is 11.1 Å². The van der Waals surface area contributed by atoms with Crippen molar-refractivity contribution in [3.05, 3.63) is 53.6 Å². The molecule has 0 aliphatic rings. The molecule has 0 fully saturated rings. The van der Waals surface area contributed by atoms with Gasteiger partial charge < -0.3 is 15.8 Å². The Balaban J connectivity index is 1.92. The van der Waals surface area contributed by atoms with Crippen LogP contribution in [0.2, 0.25) is 0 Å². The Morgan fingerprint density at radius 3 is 2.86 bits per heavy atom. The van der Waals surface area contributed by atoms with E-state index in [-0.39, 0.29) is 12.5 Å². The van der Waals surface area contributed by atoms with Gasteiger partial charge in [0.05, 0.1) is 11.6 Å². The quantitative estimate of drug-likeness (QED) is 0.843. The third kappa shape index (κ3) is 3.98. The molecule has 106 valence electrons. The summed E-state index contributed by atoms with van der Waals surface area (Å²) >= 11 is 0. The number of nitrogen functional groups attached to an aromatic ring is 1. The molecule has 3 N–H and O–H groups in total. The Kier molecular flexibility index (Phi) is 4.42. The zero-order valence-electron chi connectivity index (χ0n) is 11.6. The van der Waals surface area contributed by atoms with E-state index in [1.165, 1.54) is 0 Å². The van der Waals surface area contributed by atoms with Gasteiger partial charge in [-0.2, -0.15) is 5.26 Å². The standard InChI is InChI=1S/C16H15N3O2/c1-11-5-6-13(8-15(11)18)19-16(20)10-21-14-4-2-3-12(7-14)9-17/h2-8H,10,18H2,1H3,(H,19,20). The Morgan fingerprint density at radius 1 is 1.33 bits per heavy atom. The summed E-state index contributed by atoms with van der Waals surface area (Å²) in [5.41, 5.74) is 8.47. The van der Waals surface area contributed by atoms with Crippen molar-refractivity contribution in [2.24, 2.45) is 0 Å². The number of nitrogens with one attached hydrogen (secondary N) is 1. The van der Waals surface area contributed by atoms with E-state index in [1.807, 2.05) is 19.1 Å². The van der Waals surface area contributed by atoms with Gasteiger partial charge in [0.25, 0.3) is 5.91 Å². The molecular formula is C16H15N3O2. The van der Waals surface area contributed by atoms with E-state index < -0.39 is 0 Å². The van der Waals surface area contributed by atoms with Crippen LogP contribution in [0.15, 0.2) is 42.5 Å². The van der Waals surface area contributed by atoms with Gasteiger partial charge in [-0.05, 0) is 42.8 Å². The first-order valence-corrected chi connectivity index (χ1v) is 6.37. The molecular weight excluding hydrogens is 266 g/mol. The molecule has 0 bridgehead atoms. The minimum Gasteiger partial charge on any atom is -0.484 e. The van der Waals surface area contributed by atoms with E-state index in [4.69, 9.17) is 15.7 Å². The zero-order chi connectivity index (χ0) is 15.2. The number of benzene rings is 2. The molecule has 2 rings (SSSR count). The van der Waals surface area contributed by atoms with Crippen LogP contribution < -0.4 is 15.8 Å². The first kappa shape index (κ1) is 14.4. The lowest BCUT2D eigenvalue weighted by atomic mass is 10.2. The minimum atomic E-state index is -0.291. The molecule has 0 spiro atoms. The third-order valence-electron chi connectivity index (χ3n) is 2.90. The predicted octanol–water partition coefficient (Wildman–Crippen LogP) is 2.47. The number of carbonyl (C=O) groups excluding carboxylic acids is 1. The van der Waals surface area contributed by atoms with Crippen molar-refractivity contribution in [1.82, 2.24) is 0 Å². The van der Waals surface area contributed by atoms with Crippen molar-refractivity contribution in [2.45, 2.75) is 6.92 Å². The molecule has 2 aromatic carbocycles. The summed E-state index contributed by atoms with van der Waals surface area (Å²) in [6.45, 7) is 1.76. The molecule has 0 atom stereocenters. The van der Waals surface area contributed by atoms with Gasteiger partial charge in [-0.25, -0.2) is 0 Å². The molecule has 0 aromatic heterocycles. The summed E-state index contributed by atoms with van der Waals surface area (Å²) in [5.74, 6) is 0.188. The molecule has 0 saturated heterocycles. The maximum absolute atomic E-state index is 11.8. The van der Waals surface area contributed by atoms with Crippen LogP contribution >= 0.6 is 0 Å². The van der Waals surface area contributed by atoms with Crippen molar-refractivity contribution in [3.63, 3.8) is 0 Å². The molecule has 5 heteroatoms. The molecule has 0 aliphatic heterocycles. The molecule has 5 nitrogen and oxygen atoms in total. The van der Waals surface area contributed by atoms with E-state index in [0.29, 0.717) is 22.7 Å². The Labute approximate surface area is 123 Å². The molecule has 0 unspecified atom stereocenters. The van der Waals surface area contributed by atoms with E-state index in [1.54, 1.807) is 36.4 Å². The lowest BCUT2D eigenvalue weighted by Crippen LogP contribution is -2.20. The Bertz CT molecular complexity index is 705. The van der Waals surface area contributed by atoms with Gasteiger partial charge in [0, 0.05) is 11.4 Å². The smallest absolute Gasteiger partial charge is 0.262 e. The fraction of sp³-hybridized carbons (Fsp3) is 0.125. The van der Waals surface area contributed by atoms with Crippen molar-refractivity contribution in [2.75, 3.05) is 17.7 Å². The number of anilines is 2. The molecule has 2 aromatic rings. The van der Waals surface area contributed by atoms with Crippen molar-refractivity contribution < 1.29 is 9.53 Å². The van der Waals surface area contributed by atoms with Crippen LogP contribution in [-0.4, -0.2) is 12.5 Å². The maximum atomic E-state index is 11.8. The fourth-order valence-electron chi connectivity index (χ4n) is 1.72. The number of carbonyl (C=O) groups is 1. The van der Waals surface area contributed by atoms with Gasteiger partial charge in [-0.3, -0.25) is 4.79 Å². The minimum absolute atomic E-state index is 0.136. The number of nitrogens with zero attached hydrogens (tertiary/aromatic N) is 1. The van der Waals surface area contributed by atoms with Gasteiger partial charge in [0.1, 0.15) is 5.75 Å². The summed E-state index contributed by atoms with van der Waals surface area (Å²) in [6.07, 6.45) is 0. The highest BCUT2D eigenvalue weighted by molar-refractivity contribution is 5.92. The van der Waals surface area contributed by atoms with Crippen molar-refractivity contribution >= 4 is 17.3 Å². The van der Waals surface area contributed by atoms with Crippen molar-refractivity contribution in [3.8, 4) is 11.8 Å². The van der Waals surface area contributed by atoms with Crippen LogP contribution in [0.4, 0.5) is 11.4 Å². The number of nitrogens with two attached hydrogens (primary N) is 1. The SMILES string of the molecule is Cc1ccc(NC(=O)COc2cccc(C#N)c2)cc1N. The number of hydrogen-bond donors (Lipinski definition) is 2. The topological polar surface area (TPSA) is 88.1 Å². The molecule has 0 aliphatic carbocycles.